The largest absolute Gasteiger partial charge is 0.461 e. The Kier molecular flexibility index (Phi) is 4.08. The maximum absolute atomic E-state index is 13.1. The van der Waals surface area contributed by atoms with Crippen LogP contribution in [0.2, 0.25) is 0 Å². The van der Waals surface area contributed by atoms with Crippen molar-refractivity contribution in [2.45, 2.75) is 25.2 Å². The van der Waals surface area contributed by atoms with E-state index in [2.05, 4.69) is 4.98 Å². The van der Waals surface area contributed by atoms with Crippen LogP contribution in [-0.4, -0.2) is 37.1 Å². The van der Waals surface area contributed by atoms with Gasteiger partial charge in [0.1, 0.15) is 10.6 Å². The highest BCUT2D eigenvalue weighted by atomic mass is 32.2. The molecule has 24 heavy (non-hydrogen) atoms. The molecule has 2 aromatic heterocycles. The average molecular weight is 349 g/mol. The number of anilines is 1. The molecule has 0 bridgehead atoms. The van der Waals surface area contributed by atoms with Gasteiger partial charge in [0.25, 0.3) is 10.0 Å². The number of nitrogens with zero attached hydrogens (tertiary/aromatic N) is 3. The standard InChI is InChI=1S/C16H19N3O4S/c1-4-23-16(20)14-10-15(11(2)18(14)3)24(21,22)19-9-7-12-13(19)6-5-8-17-12/h5-6,8,10H,4,7,9H2,1-3H3. The van der Waals surface area contributed by atoms with Crippen LogP contribution in [0.4, 0.5) is 5.69 Å². The first-order valence-corrected chi connectivity index (χ1v) is 9.12. The zero-order chi connectivity index (χ0) is 17.5. The zero-order valence-corrected chi connectivity index (χ0v) is 14.6. The quantitative estimate of drug-likeness (QED) is 0.784. The molecule has 3 rings (SSSR count). The maximum atomic E-state index is 13.1. The lowest BCUT2D eigenvalue weighted by Gasteiger charge is -2.19. The first-order valence-electron chi connectivity index (χ1n) is 7.68. The Morgan fingerprint density at radius 3 is 2.88 bits per heavy atom. The van der Waals surface area contributed by atoms with Crippen molar-refractivity contribution < 1.29 is 17.9 Å². The molecule has 0 saturated heterocycles. The number of pyridine rings is 1. The summed E-state index contributed by atoms with van der Waals surface area (Å²) in [5.41, 5.74) is 2.08. The molecule has 128 valence electrons. The van der Waals surface area contributed by atoms with Crippen molar-refractivity contribution in [3.05, 3.63) is 41.5 Å². The van der Waals surface area contributed by atoms with Crippen LogP contribution >= 0.6 is 0 Å². The van der Waals surface area contributed by atoms with Gasteiger partial charge in [-0.3, -0.25) is 9.29 Å². The van der Waals surface area contributed by atoms with Crippen molar-refractivity contribution in [2.24, 2.45) is 7.05 Å². The molecule has 0 spiro atoms. The van der Waals surface area contributed by atoms with Crippen LogP contribution in [0.5, 0.6) is 0 Å². The summed E-state index contributed by atoms with van der Waals surface area (Å²) < 4.78 is 34.1. The van der Waals surface area contributed by atoms with Crippen LogP contribution in [0, 0.1) is 6.92 Å². The Bertz CT molecular complexity index is 902. The van der Waals surface area contributed by atoms with Crippen LogP contribution in [0.25, 0.3) is 0 Å². The average Bonchev–Trinajstić information content (AvgIpc) is 3.11. The molecule has 1 aliphatic rings. The number of carbonyl (C=O) groups is 1. The summed E-state index contributed by atoms with van der Waals surface area (Å²) in [6, 6.07) is 4.85. The summed E-state index contributed by atoms with van der Waals surface area (Å²) in [7, 11) is -2.12. The van der Waals surface area contributed by atoms with E-state index >= 15 is 0 Å². The second kappa shape index (κ2) is 5.94. The SMILES string of the molecule is CCOC(=O)c1cc(S(=O)(=O)N2CCc3ncccc32)c(C)n1C. The third-order valence-corrected chi connectivity index (χ3v) is 6.16. The van der Waals surface area contributed by atoms with Crippen molar-refractivity contribution in [1.82, 2.24) is 9.55 Å². The van der Waals surface area contributed by atoms with Crippen molar-refractivity contribution >= 4 is 21.7 Å². The van der Waals surface area contributed by atoms with Crippen molar-refractivity contribution in [2.75, 3.05) is 17.5 Å². The Labute approximate surface area is 140 Å². The van der Waals surface area contributed by atoms with E-state index in [1.54, 1.807) is 43.8 Å². The van der Waals surface area contributed by atoms with Gasteiger partial charge in [0.2, 0.25) is 0 Å². The summed E-state index contributed by atoms with van der Waals surface area (Å²) in [5, 5.41) is 0. The van der Waals surface area contributed by atoms with Crippen LogP contribution in [0.15, 0.2) is 29.3 Å². The van der Waals surface area contributed by atoms with Gasteiger partial charge in [-0.2, -0.15) is 0 Å². The predicted molar refractivity (Wildman–Crippen MR) is 88.6 cm³/mol. The first-order chi connectivity index (χ1) is 11.4. The minimum atomic E-state index is -3.77. The normalized spacial score (nSPS) is 13.9. The Balaban J connectivity index is 2.06. The minimum Gasteiger partial charge on any atom is -0.461 e. The topological polar surface area (TPSA) is 81.5 Å². The summed E-state index contributed by atoms with van der Waals surface area (Å²) in [6.07, 6.45) is 2.23. The number of rotatable bonds is 4. The van der Waals surface area contributed by atoms with Gasteiger partial charge in [0.05, 0.1) is 18.0 Å². The lowest BCUT2D eigenvalue weighted by atomic mass is 10.3. The summed E-state index contributed by atoms with van der Waals surface area (Å²) in [4.78, 5) is 16.4. The number of aromatic nitrogens is 2. The Hall–Kier alpha value is -2.35. The van der Waals surface area contributed by atoms with E-state index in [1.165, 1.54) is 10.4 Å². The van der Waals surface area contributed by atoms with E-state index in [0.717, 1.165) is 5.69 Å². The highest BCUT2D eigenvalue weighted by molar-refractivity contribution is 7.93. The molecule has 7 nitrogen and oxygen atoms in total. The molecule has 1 aliphatic heterocycles. The third-order valence-electron chi connectivity index (χ3n) is 4.23. The number of hydrogen-bond acceptors (Lipinski definition) is 5. The molecule has 0 amide bonds. The highest BCUT2D eigenvalue weighted by Crippen LogP contribution is 2.33. The summed E-state index contributed by atoms with van der Waals surface area (Å²) >= 11 is 0. The summed E-state index contributed by atoms with van der Waals surface area (Å²) in [6.45, 7) is 3.96. The van der Waals surface area contributed by atoms with E-state index in [9.17, 15) is 13.2 Å². The number of carbonyl (C=O) groups excluding carboxylic acids is 1. The van der Waals surface area contributed by atoms with Gasteiger partial charge in [-0.05, 0) is 32.0 Å². The number of fused-ring (bicyclic) bond motifs is 1. The molecule has 2 aromatic rings. The lowest BCUT2D eigenvalue weighted by Crippen LogP contribution is -2.29. The van der Waals surface area contributed by atoms with E-state index in [-0.39, 0.29) is 17.2 Å². The molecule has 0 aliphatic carbocycles. The lowest BCUT2D eigenvalue weighted by molar-refractivity contribution is 0.0515. The van der Waals surface area contributed by atoms with Gasteiger partial charge < -0.3 is 9.30 Å². The molecular weight excluding hydrogens is 330 g/mol. The third kappa shape index (κ3) is 2.47. The van der Waals surface area contributed by atoms with E-state index in [1.807, 2.05) is 0 Å². The van der Waals surface area contributed by atoms with Crippen molar-refractivity contribution in [3.8, 4) is 0 Å². The van der Waals surface area contributed by atoms with Gasteiger partial charge in [-0.1, -0.05) is 0 Å². The number of esters is 1. The minimum absolute atomic E-state index is 0.116. The number of sulfonamides is 1. The molecular formula is C16H19N3O4S. The second-order valence-corrected chi connectivity index (χ2v) is 7.39. The zero-order valence-electron chi connectivity index (χ0n) is 13.8. The fourth-order valence-electron chi connectivity index (χ4n) is 2.88. The molecule has 3 heterocycles. The molecule has 0 N–H and O–H groups in total. The fraction of sp³-hybridized carbons (Fsp3) is 0.375. The highest BCUT2D eigenvalue weighted by Gasteiger charge is 2.34. The molecule has 8 heteroatoms. The van der Waals surface area contributed by atoms with E-state index in [4.69, 9.17) is 4.74 Å². The van der Waals surface area contributed by atoms with Crippen LogP contribution in [0.1, 0.15) is 28.8 Å². The van der Waals surface area contributed by atoms with Crippen LogP contribution < -0.4 is 4.31 Å². The van der Waals surface area contributed by atoms with E-state index in [0.29, 0.717) is 24.3 Å². The molecule has 0 saturated carbocycles. The molecule has 0 fully saturated rings. The van der Waals surface area contributed by atoms with Gasteiger partial charge in [-0.15, -0.1) is 0 Å². The van der Waals surface area contributed by atoms with E-state index < -0.39 is 16.0 Å². The Morgan fingerprint density at radius 2 is 2.17 bits per heavy atom. The van der Waals surface area contributed by atoms with Gasteiger partial charge in [-0.25, -0.2) is 13.2 Å². The molecule has 0 unspecified atom stereocenters. The predicted octanol–water partition coefficient (Wildman–Crippen LogP) is 1.66. The number of ether oxygens (including phenoxy) is 1. The van der Waals surface area contributed by atoms with Gasteiger partial charge in [0.15, 0.2) is 0 Å². The molecule has 0 aromatic carbocycles. The first kappa shape index (κ1) is 16.5. The van der Waals surface area contributed by atoms with Gasteiger partial charge in [0, 0.05) is 31.9 Å². The molecule has 0 radical (unpaired) electrons. The maximum Gasteiger partial charge on any atom is 0.354 e. The summed E-state index contributed by atoms with van der Waals surface area (Å²) in [5.74, 6) is -0.534. The van der Waals surface area contributed by atoms with Gasteiger partial charge >= 0.3 is 5.97 Å². The smallest absolute Gasteiger partial charge is 0.354 e. The monoisotopic (exact) mass is 349 g/mol. The van der Waals surface area contributed by atoms with Crippen molar-refractivity contribution in [3.63, 3.8) is 0 Å². The fourth-order valence-corrected chi connectivity index (χ4v) is 4.64. The number of hydrogen-bond donors (Lipinski definition) is 0. The van der Waals surface area contributed by atoms with Crippen molar-refractivity contribution in [1.29, 1.82) is 0 Å². The second-order valence-electron chi connectivity index (χ2n) is 5.56. The Morgan fingerprint density at radius 1 is 1.42 bits per heavy atom. The van der Waals surface area contributed by atoms with Crippen LogP contribution in [0.3, 0.4) is 0 Å². The van der Waals surface area contributed by atoms with Crippen LogP contribution in [-0.2, 0) is 28.2 Å². The molecule has 0 atom stereocenters.